The highest BCUT2D eigenvalue weighted by atomic mass is 19.4. The van der Waals surface area contributed by atoms with Crippen LogP contribution < -0.4 is 0 Å². The molecule has 0 aliphatic rings. The molecule has 0 bridgehead atoms. The molecule has 0 fully saturated rings. The molecule has 4 nitrogen and oxygen atoms in total. The van der Waals surface area contributed by atoms with Crippen LogP contribution >= 0.6 is 0 Å². The maximum Gasteiger partial charge on any atom is 0.449 e. The third-order valence-corrected chi connectivity index (χ3v) is 1.92. The number of carbonyl (C=O) groups is 1. The molecule has 0 radical (unpaired) electrons. The zero-order valence-corrected chi connectivity index (χ0v) is 8.75. The van der Waals surface area contributed by atoms with Crippen LogP contribution in [0.2, 0.25) is 0 Å². The van der Waals surface area contributed by atoms with Crippen molar-refractivity contribution in [2.75, 3.05) is 0 Å². The van der Waals surface area contributed by atoms with Crippen LogP contribution in [0, 0.1) is 0 Å². The number of carboxylic acids is 1. The number of halogens is 3. The van der Waals surface area contributed by atoms with Gasteiger partial charge in [-0.15, -0.1) is 0 Å². The van der Waals surface area contributed by atoms with E-state index in [0.717, 1.165) is 10.8 Å². The van der Waals surface area contributed by atoms with E-state index in [9.17, 15) is 18.0 Å². The zero-order valence-electron chi connectivity index (χ0n) is 8.75. The molecule has 1 heterocycles. The molecule has 1 N–H and O–H groups in total. The predicted octanol–water partition coefficient (Wildman–Crippen LogP) is 2.11. The van der Waals surface area contributed by atoms with E-state index < -0.39 is 30.4 Å². The van der Waals surface area contributed by atoms with Crippen LogP contribution in [0.25, 0.3) is 0 Å². The maximum absolute atomic E-state index is 12.5. The minimum Gasteiger partial charge on any atom is -0.481 e. The summed E-state index contributed by atoms with van der Waals surface area (Å²) < 4.78 is 38.5. The van der Waals surface area contributed by atoms with Crippen LogP contribution in [-0.4, -0.2) is 20.6 Å². The second-order valence-electron chi connectivity index (χ2n) is 3.63. The van der Waals surface area contributed by atoms with Gasteiger partial charge in [0.15, 0.2) is 0 Å². The van der Waals surface area contributed by atoms with Gasteiger partial charge < -0.3 is 9.67 Å². The van der Waals surface area contributed by atoms with Crippen molar-refractivity contribution in [3.8, 4) is 0 Å². The fraction of sp³-hybridized carbons (Fsp3) is 0.556. The monoisotopic (exact) mass is 236 g/mol. The quantitative estimate of drug-likeness (QED) is 0.874. The van der Waals surface area contributed by atoms with E-state index >= 15 is 0 Å². The molecule has 1 aromatic heterocycles. The van der Waals surface area contributed by atoms with Crippen molar-refractivity contribution >= 4 is 5.97 Å². The number of carboxylic acid groups (broad SMARTS) is 1. The number of alkyl halides is 3. The molecule has 1 aromatic rings. The van der Waals surface area contributed by atoms with E-state index in [1.807, 2.05) is 0 Å². The lowest BCUT2D eigenvalue weighted by molar-refractivity contribution is -0.148. The Morgan fingerprint density at radius 1 is 1.56 bits per heavy atom. The molecule has 0 amide bonds. The Bertz CT molecular complexity index is 396. The Kier molecular flexibility index (Phi) is 3.25. The van der Waals surface area contributed by atoms with Crippen molar-refractivity contribution < 1.29 is 23.1 Å². The fourth-order valence-corrected chi connectivity index (χ4v) is 1.29. The summed E-state index contributed by atoms with van der Waals surface area (Å²) in [6.07, 6.45) is -3.95. The number of imidazole rings is 1. The van der Waals surface area contributed by atoms with E-state index in [4.69, 9.17) is 5.11 Å². The largest absolute Gasteiger partial charge is 0.481 e. The van der Waals surface area contributed by atoms with Crippen molar-refractivity contribution in [1.29, 1.82) is 0 Å². The molecular formula is C9H11F3N2O2. The minimum absolute atomic E-state index is 0.0893. The number of hydrogen-bond acceptors (Lipinski definition) is 2. The highest BCUT2D eigenvalue weighted by Gasteiger charge is 2.37. The summed E-state index contributed by atoms with van der Waals surface area (Å²) in [6.45, 7) is 3.14. The van der Waals surface area contributed by atoms with Gasteiger partial charge in [0.2, 0.25) is 5.82 Å². The van der Waals surface area contributed by atoms with Crippen molar-refractivity contribution in [3.05, 3.63) is 17.7 Å². The van der Waals surface area contributed by atoms with Crippen LogP contribution in [0.4, 0.5) is 13.2 Å². The van der Waals surface area contributed by atoms with Gasteiger partial charge in [-0.25, -0.2) is 4.98 Å². The first-order valence-corrected chi connectivity index (χ1v) is 4.58. The van der Waals surface area contributed by atoms with Crippen LogP contribution in [0.5, 0.6) is 0 Å². The predicted molar refractivity (Wildman–Crippen MR) is 49.0 cm³/mol. The summed E-state index contributed by atoms with van der Waals surface area (Å²) in [5, 5.41) is 8.48. The van der Waals surface area contributed by atoms with Gasteiger partial charge in [0, 0.05) is 12.2 Å². The number of nitrogens with zero attached hydrogens (tertiary/aromatic N) is 2. The second-order valence-corrected chi connectivity index (χ2v) is 3.63. The molecular weight excluding hydrogens is 225 g/mol. The van der Waals surface area contributed by atoms with Gasteiger partial charge in [0.25, 0.3) is 0 Å². The topological polar surface area (TPSA) is 55.1 Å². The lowest BCUT2D eigenvalue weighted by atomic mass is 10.3. The van der Waals surface area contributed by atoms with E-state index in [0.29, 0.717) is 0 Å². The second kappa shape index (κ2) is 4.15. The zero-order chi connectivity index (χ0) is 12.5. The molecule has 0 saturated heterocycles. The molecule has 7 heteroatoms. The molecule has 1 rings (SSSR count). The third kappa shape index (κ3) is 2.74. The highest BCUT2D eigenvalue weighted by molar-refractivity contribution is 5.69. The average Bonchev–Trinajstić information content (AvgIpc) is 2.45. The number of aliphatic carboxylic acids is 1. The molecule has 16 heavy (non-hydrogen) atoms. The van der Waals surface area contributed by atoms with E-state index in [-0.39, 0.29) is 5.69 Å². The van der Waals surface area contributed by atoms with Crippen molar-refractivity contribution in [2.45, 2.75) is 32.5 Å². The first-order chi connectivity index (χ1) is 7.21. The molecule has 90 valence electrons. The fourth-order valence-electron chi connectivity index (χ4n) is 1.29. The third-order valence-electron chi connectivity index (χ3n) is 1.92. The van der Waals surface area contributed by atoms with Gasteiger partial charge in [-0.3, -0.25) is 4.79 Å². The molecule has 0 unspecified atom stereocenters. The molecule has 0 atom stereocenters. The Morgan fingerprint density at radius 2 is 2.12 bits per heavy atom. The SMILES string of the molecule is CC(C)n1cc(CC(=O)O)nc1C(F)(F)F. The van der Waals surface area contributed by atoms with Crippen LogP contribution in [-0.2, 0) is 17.4 Å². The Balaban J connectivity index is 3.15. The summed E-state index contributed by atoms with van der Waals surface area (Å²) in [4.78, 5) is 13.7. The van der Waals surface area contributed by atoms with Gasteiger partial charge in [-0.2, -0.15) is 13.2 Å². The maximum atomic E-state index is 12.5. The number of rotatable bonds is 3. The van der Waals surface area contributed by atoms with E-state index in [1.54, 1.807) is 13.8 Å². The van der Waals surface area contributed by atoms with Crippen LogP contribution in [0.3, 0.4) is 0 Å². The number of hydrogen-bond donors (Lipinski definition) is 1. The first-order valence-electron chi connectivity index (χ1n) is 4.58. The standard InChI is InChI=1S/C9H11F3N2O2/c1-5(2)14-4-6(3-7(15)16)13-8(14)9(10,11)12/h4-5H,3H2,1-2H3,(H,15,16). The minimum atomic E-state index is -4.57. The van der Waals surface area contributed by atoms with Gasteiger partial charge >= 0.3 is 12.1 Å². The smallest absolute Gasteiger partial charge is 0.449 e. The molecule has 0 aliphatic heterocycles. The van der Waals surface area contributed by atoms with Crippen LogP contribution in [0.1, 0.15) is 31.4 Å². The normalized spacial score (nSPS) is 12.1. The van der Waals surface area contributed by atoms with E-state index in [1.165, 1.54) is 0 Å². The molecule has 0 aromatic carbocycles. The summed E-state index contributed by atoms with van der Waals surface area (Å²) >= 11 is 0. The summed E-state index contributed by atoms with van der Waals surface area (Å²) in [5.74, 6) is -2.26. The van der Waals surface area contributed by atoms with Crippen molar-refractivity contribution in [1.82, 2.24) is 9.55 Å². The van der Waals surface area contributed by atoms with Gasteiger partial charge in [0.1, 0.15) is 0 Å². The van der Waals surface area contributed by atoms with Gasteiger partial charge in [-0.1, -0.05) is 0 Å². The molecule has 0 saturated carbocycles. The lowest BCUT2D eigenvalue weighted by Gasteiger charge is -2.12. The van der Waals surface area contributed by atoms with Crippen molar-refractivity contribution in [3.63, 3.8) is 0 Å². The Hall–Kier alpha value is -1.53. The molecule has 0 spiro atoms. The Labute approximate surface area is 89.7 Å². The Morgan fingerprint density at radius 3 is 2.44 bits per heavy atom. The summed E-state index contributed by atoms with van der Waals surface area (Å²) in [6, 6.07) is -0.424. The number of aromatic nitrogens is 2. The highest BCUT2D eigenvalue weighted by Crippen LogP contribution is 2.30. The van der Waals surface area contributed by atoms with Gasteiger partial charge in [-0.05, 0) is 13.8 Å². The van der Waals surface area contributed by atoms with Crippen molar-refractivity contribution in [2.24, 2.45) is 0 Å². The average molecular weight is 236 g/mol. The summed E-state index contributed by atoms with van der Waals surface area (Å²) in [7, 11) is 0. The van der Waals surface area contributed by atoms with Crippen LogP contribution in [0.15, 0.2) is 6.20 Å². The summed E-state index contributed by atoms with van der Waals surface area (Å²) in [5.41, 5.74) is -0.0893. The first kappa shape index (κ1) is 12.5. The molecule has 0 aliphatic carbocycles. The lowest BCUT2D eigenvalue weighted by Crippen LogP contribution is -2.15. The van der Waals surface area contributed by atoms with E-state index in [2.05, 4.69) is 4.98 Å². The van der Waals surface area contributed by atoms with Gasteiger partial charge in [0.05, 0.1) is 12.1 Å².